The van der Waals surface area contributed by atoms with Crippen LogP contribution >= 0.6 is 15.6 Å². The summed E-state index contributed by atoms with van der Waals surface area (Å²) in [5.41, 5.74) is 0. The van der Waals surface area contributed by atoms with E-state index in [0.717, 1.165) is 0 Å². The third kappa shape index (κ3) is 9.60. The van der Waals surface area contributed by atoms with E-state index >= 15 is 0 Å². The Labute approximate surface area is 157 Å². The van der Waals surface area contributed by atoms with Crippen LogP contribution in [-0.4, -0.2) is 122 Å². The normalized spacial score (nSPS) is 30.1. The third-order valence-electron chi connectivity index (χ3n) is 3.43. The molecule has 0 aromatic heterocycles. The van der Waals surface area contributed by atoms with E-state index in [-0.39, 0.29) is 0 Å². The van der Waals surface area contributed by atoms with Gasteiger partial charge in [0.25, 0.3) is 0 Å². The van der Waals surface area contributed by atoms with Crippen LogP contribution in [0.1, 0.15) is 0 Å². The Balaban J connectivity index is 0.00000129. The van der Waals surface area contributed by atoms with Crippen molar-refractivity contribution in [3.63, 3.8) is 0 Å². The number of rotatable bonds is 8. The monoisotopic (exact) mass is 462 g/mol. The largest absolute Gasteiger partial charge is 0.470 e. The molecule has 8 atom stereocenters. The van der Waals surface area contributed by atoms with Crippen molar-refractivity contribution < 1.29 is 78.6 Å². The van der Waals surface area contributed by atoms with Gasteiger partial charge in [0, 0.05) is 0 Å². The molecule has 1 rings (SSSR count). The van der Waals surface area contributed by atoms with Gasteiger partial charge in [-0.2, -0.15) is 0 Å². The molecule has 0 amide bonds. The van der Waals surface area contributed by atoms with Crippen LogP contribution in [0, 0.1) is 0 Å². The summed E-state index contributed by atoms with van der Waals surface area (Å²) < 4.78 is 29.0. The van der Waals surface area contributed by atoms with E-state index < -0.39 is 77.7 Å². The molecule has 1 fully saturated rings. The van der Waals surface area contributed by atoms with Crippen LogP contribution < -0.4 is 0 Å². The fourth-order valence-corrected chi connectivity index (χ4v) is 2.78. The Morgan fingerprint density at radius 3 is 1.71 bits per heavy atom. The van der Waals surface area contributed by atoms with Gasteiger partial charge in [-0.1, -0.05) is 0 Å². The highest BCUT2D eigenvalue weighted by Gasteiger charge is 2.50. The van der Waals surface area contributed by atoms with Crippen molar-refractivity contribution in [3.05, 3.63) is 0 Å². The maximum atomic E-state index is 11.0. The molecule has 0 aromatic carbocycles. The summed E-state index contributed by atoms with van der Waals surface area (Å²) in [4.78, 5) is 39.2. The Bertz CT molecular complexity index is 539. The van der Waals surface area contributed by atoms with Crippen LogP contribution in [0.4, 0.5) is 0 Å². The minimum Gasteiger partial charge on any atom is -0.394 e. The third-order valence-corrected chi connectivity index (χ3v) is 3.95. The fourth-order valence-electron chi connectivity index (χ4n) is 2.21. The summed E-state index contributed by atoms with van der Waals surface area (Å²) in [5, 5.41) is 66.3. The van der Waals surface area contributed by atoms with E-state index in [1.54, 1.807) is 0 Å². The smallest absolute Gasteiger partial charge is 0.394 e. The Morgan fingerprint density at radius 1 is 0.929 bits per heavy atom. The lowest BCUT2D eigenvalue weighted by Gasteiger charge is -2.33. The Morgan fingerprint density at radius 2 is 1.39 bits per heavy atom. The molecule has 2 unspecified atom stereocenters. The predicted molar refractivity (Wildman–Crippen MR) is 84.0 cm³/mol. The standard InChI is InChI=1S/C10H21O12P.H3O4P/c11-1-3(13)5(14)10(22-23(18,19)20)8(17)9-7(16)6(15)4(2-12)21-9;1-5(2,3)4/h3-17H,1-2H2,(H2,18,19,20);(H3,1,2,3,4)/t3-,4-,5-,6-,7-,8?,9?,10-;/m1./s1. The molecule has 170 valence electrons. The lowest BCUT2D eigenvalue weighted by Crippen LogP contribution is -2.53. The molecule has 0 radical (unpaired) electrons. The second-order valence-electron chi connectivity index (χ2n) is 5.61. The van der Waals surface area contributed by atoms with Gasteiger partial charge in [-0.05, 0) is 0 Å². The number of hydrogen-bond donors (Lipinski definition) is 12. The molecule has 0 saturated carbocycles. The van der Waals surface area contributed by atoms with Gasteiger partial charge in [0.05, 0.1) is 13.2 Å². The lowest BCUT2D eigenvalue weighted by atomic mass is 9.95. The highest BCUT2D eigenvalue weighted by atomic mass is 31.2. The zero-order chi connectivity index (χ0) is 22.4. The summed E-state index contributed by atoms with van der Waals surface area (Å²) in [6.07, 6.45) is -14.7. The quantitative estimate of drug-likeness (QED) is 0.149. The molecular weight excluding hydrogens is 438 g/mol. The molecular formula is C10H24O16P2. The van der Waals surface area contributed by atoms with Crippen LogP contribution in [0.25, 0.3) is 0 Å². The van der Waals surface area contributed by atoms with Crippen LogP contribution in [0.2, 0.25) is 0 Å². The van der Waals surface area contributed by atoms with Crippen molar-refractivity contribution >= 4 is 15.6 Å². The van der Waals surface area contributed by atoms with E-state index in [0.29, 0.717) is 0 Å². The van der Waals surface area contributed by atoms with Crippen LogP contribution in [0.5, 0.6) is 0 Å². The lowest BCUT2D eigenvalue weighted by molar-refractivity contribution is -0.156. The van der Waals surface area contributed by atoms with E-state index in [2.05, 4.69) is 4.52 Å². The molecule has 0 bridgehead atoms. The zero-order valence-electron chi connectivity index (χ0n) is 13.9. The topological polar surface area (TPSA) is 295 Å². The van der Waals surface area contributed by atoms with Crippen molar-refractivity contribution in [2.75, 3.05) is 13.2 Å². The maximum absolute atomic E-state index is 11.0. The molecule has 1 saturated heterocycles. The van der Waals surface area contributed by atoms with E-state index in [4.69, 9.17) is 44.0 Å². The fraction of sp³-hybridized carbons (Fsp3) is 1.00. The van der Waals surface area contributed by atoms with Crippen LogP contribution in [0.3, 0.4) is 0 Å². The minimum absolute atomic E-state index is 0.715. The summed E-state index contributed by atoms with van der Waals surface area (Å²) in [5.74, 6) is 0. The minimum atomic E-state index is -5.24. The molecule has 1 aliphatic heterocycles. The highest BCUT2D eigenvalue weighted by Crippen LogP contribution is 2.40. The van der Waals surface area contributed by atoms with Crippen molar-refractivity contribution in [2.24, 2.45) is 0 Å². The Hall–Kier alpha value is -0.100. The predicted octanol–water partition coefficient (Wildman–Crippen LogP) is -5.91. The van der Waals surface area contributed by atoms with Gasteiger partial charge in [0.2, 0.25) is 0 Å². The van der Waals surface area contributed by atoms with Gasteiger partial charge in [0.15, 0.2) is 0 Å². The molecule has 12 N–H and O–H groups in total. The van der Waals surface area contributed by atoms with Crippen LogP contribution in [0.15, 0.2) is 0 Å². The van der Waals surface area contributed by atoms with E-state index in [1.807, 2.05) is 0 Å². The van der Waals surface area contributed by atoms with E-state index in [9.17, 15) is 30.1 Å². The Kier molecular flexibility index (Phi) is 11.3. The number of phosphoric acid groups is 2. The number of hydrogen-bond acceptors (Lipinski definition) is 11. The molecule has 16 nitrogen and oxygen atoms in total. The van der Waals surface area contributed by atoms with Gasteiger partial charge in [-0.15, -0.1) is 0 Å². The van der Waals surface area contributed by atoms with Gasteiger partial charge >= 0.3 is 15.6 Å². The molecule has 18 heteroatoms. The van der Waals surface area contributed by atoms with Crippen molar-refractivity contribution in [1.82, 2.24) is 0 Å². The molecule has 1 aliphatic rings. The van der Waals surface area contributed by atoms with E-state index in [1.165, 1.54) is 0 Å². The molecule has 0 aromatic rings. The van der Waals surface area contributed by atoms with Crippen LogP contribution in [-0.2, 0) is 18.4 Å². The van der Waals surface area contributed by atoms with Gasteiger partial charge < -0.3 is 64.9 Å². The molecule has 0 aliphatic carbocycles. The van der Waals surface area contributed by atoms with Crippen molar-refractivity contribution in [1.29, 1.82) is 0 Å². The first kappa shape index (κ1) is 27.9. The van der Waals surface area contributed by atoms with Gasteiger partial charge in [0.1, 0.15) is 48.8 Å². The number of phosphoric ester groups is 1. The summed E-state index contributed by atoms with van der Waals surface area (Å²) in [7, 11) is -9.88. The highest BCUT2D eigenvalue weighted by molar-refractivity contribution is 7.46. The number of ether oxygens (including phenoxy) is 1. The second-order valence-corrected chi connectivity index (χ2v) is 7.83. The first-order valence-corrected chi connectivity index (χ1v) is 10.4. The maximum Gasteiger partial charge on any atom is 0.470 e. The molecule has 0 spiro atoms. The summed E-state index contributed by atoms with van der Waals surface area (Å²) >= 11 is 0. The summed E-state index contributed by atoms with van der Waals surface area (Å²) in [6.45, 7) is -1.72. The SMILES string of the molecule is O=P(O)(O)O.O=P(O)(O)O[C@@H](C(O)C1O[C@H](CO)[C@@H](O)[C@H]1O)[C@H](O)[C@H](O)CO. The van der Waals surface area contributed by atoms with Crippen molar-refractivity contribution in [3.8, 4) is 0 Å². The van der Waals surface area contributed by atoms with Gasteiger partial charge in [-0.3, -0.25) is 4.52 Å². The average Bonchev–Trinajstić information content (AvgIpc) is 2.83. The first-order valence-electron chi connectivity index (χ1n) is 7.33. The second kappa shape index (κ2) is 11.3. The number of aliphatic hydroxyl groups is 7. The average molecular weight is 462 g/mol. The van der Waals surface area contributed by atoms with Crippen molar-refractivity contribution in [2.45, 2.75) is 48.8 Å². The first-order chi connectivity index (χ1) is 12.5. The van der Waals surface area contributed by atoms with Gasteiger partial charge in [-0.25, -0.2) is 9.13 Å². The summed E-state index contributed by atoms with van der Waals surface area (Å²) in [6, 6.07) is 0. The zero-order valence-corrected chi connectivity index (χ0v) is 15.7. The molecule has 1 heterocycles. The molecule has 28 heavy (non-hydrogen) atoms. The number of aliphatic hydroxyl groups excluding tert-OH is 7.